The third-order valence-electron chi connectivity index (χ3n) is 3.37. The first-order chi connectivity index (χ1) is 9.27. The van der Waals surface area contributed by atoms with Gasteiger partial charge in [0, 0.05) is 26.3 Å². The van der Waals surface area contributed by atoms with Crippen LogP contribution in [0, 0.1) is 0 Å². The first kappa shape index (κ1) is 13.9. The van der Waals surface area contributed by atoms with E-state index in [9.17, 15) is 4.79 Å². The molecule has 1 aliphatic heterocycles. The molecule has 1 aromatic rings. The summed E-state index contributed by atoms with van der Waals surface area (Å²) in [5, 5.41) is 2.67. The maximum atomic E-state index is 11.9. The van der Waals surface area contributed by atoms with Gasteiger partial charge in [-0.1, -0.05) is 6.07 Å². The van der Waals surface area contributed by atoms with Gasteiger partial charge >= 0.3 is 0 Å². The molecular weight excluding hydrogens is 244 g/mol. The number of carbonyl (C=O) groups excluding carboxylic acids is 1. The molecule has 0 aromatic carbocycles. The monoisotopic (exact) mass is 264 g/mol. The van der Waals surface area contributed by atoms with Gasteiger partial charge in [-0.15, -0.1) is 0 Å². The van der Waals surface area contributed by atoms with Crippen LogP contribution < -0.4 is 11.1 Å². The molecule has 104 valence electrons. The summed E-state index contributed by atoms with van der Waals surface area (Å²) in [6.07, 6.45) is 1.74. The van der Waals surface area contributed by atoms with Gasteiger partial charge in [-0.05, 0) is 12.1 Å². The molecule has 2 rings (SSSR count). The highest BCUT2D eigenvalue weighted by Gasteiger charge is 2.34. The second-order valence-electron chi connectivity index (χ2n) is 4.45. The van der Waals surface area contributed by atoms with Crippen LogP contribution in [0.5, 0.6) is 0 Å². The van der Waals surface area contributed by atoms with Crippen molar-refractivity contribution in [3.63, 3.8) is 0 Å². The molecule has 2 unspecified atom stereocenters. The summed E-state index contributed by atoms with van der Waals surface area (Å²) in [7, 11) is 1.63. The van der Waals surface area contributed by atoms with Gasteiger partial charge in [0.15, 0.2) is 0 Å². The molecule has 19 heavy (non-hydrogen) atoms. The second kappa shape index (κ2) is 6.60. The molecule has 0 spiro atoms. The Kier molecular flexibility index (Phi) is 4.84. The van der Waals surface area contributed by atoms with E-state index in [-0.39, 0.29) is 18.0 Å². The van der Waals surface area contributed by atoms with Gasteiger partial charge in [0.2, 0.25) is 5.91 Å². The Hall–Kier alpha value is -1.50. The van der Waals surface area contributed by atoms with Crippen molar-refractivity contribution in [1.29, 1.82) is 0 Å². The van der Waals surface area contributed by atoms with E-state index in [1.807, 2.05) is 18.2 Å². The van der Waals surface area contributed by atoms with Crippen molar-refractivity contribution in [1.82, 2.24) is 15.2 Å². The van der Waals surface area contributed by atoms with E-state index in [0.717, 1.165) is 5.69 Å². The Morgan fingerprint density at radius 2 is 2.53 bits per heavy atom. The SMILES string of the molecule is CNC(=O)C1COCCN1C(CN)c1ccccn1. The van der Waals surface area contributed by atoms with Crippen LogP contribution in [0.2, 0.25) is 0 Å². The van der Waals surface area contributed by atoms with E-state index in [0.29, 0.717) is 26.3 Å². The summed E-state index contributed by atoms with van der Waals surface area (Å²) >= 11 is 0. The predicted molar refractivity (Wildman–Crippen MR) is 71.4 cm³/mol. The van der Waals surface area contributed by atoms with Crippen LogP contribution >= 0.6 is 0 Å². The van der Waals surface area contributed by atoms with Gasteiger partial charge in [0.05, 0.1) is 24.9 Å². The average Bonchev–Trinajstić information content (AvgIpc) is 2.49. The molecule has 3 N–H and O–H groups in total. The highest BCUT2D eigenvalue weighted by molar-refractivity contribution is 5.81. The van der Waals surface area contributed by atoms with E-state index in [2.05, 4.69) is 15.2 Å². The number of likely N-dealkylation sites (N-methyl/N-ethyl adjacent to an activating group) is 1. The normalized spacial score (nSPS) is 21.9. The van der Waals surface area contributed by atoms with Crippen molar-refractivity contribution in [3.05, 3.63) is 30.1 Å². The summed E-state index contributed by atoms with van der Waals surface area (Å²) in [4.78, 5) is 18.4. The van der Waals surface area contributed by atoms with Crippen molar-refractivity contribution in [2.24, 2.45) is 5.73 Å². The number of nitrogens with zero attached hydrogens (tertiary/aromatic N) is 2. The summed E-state index contributed by atoms with van der Waals surface area (Å²) < 4.78 is 5.40. The van der Waals surface area contributed by atoms with Gasteiger partial charge < -0.3 is 15.8 Å². The molecule has 0 aliphatic carbocycles. The second-order valence-corrected chi connectivity index (χ2v) is 4.45. The molecule has 1 saturated heterocycles. The Labute approximate surface area is 112 Å². The van der Waals surface area contributed by atoms with Crippen LogP contribution in [0.1, 0.15) is 11.7 Å². The maximum absolute atomic E-state index is 11.9. The molecule has 2 atom stereocenters. The molecule has 1 amide bonds. The van der Waals surface area contributed by atoms with Crippen LogP contribution in [-0.4, -0.2) is 55.2 Å². The zero-order valence-corrected chi connectivity index (χ0v) is 11.1. The number of morpholine rings is 1. The molecule has 0 radical (unpaired) electrons. The molecule has 6 heteroatoms. The van der Waals surface area contributed by atoms with Gasteiger partial charge in [-0.3, -0.25) is 14.7 Å². The minimum atomic E-state index is -0.311. The third kappa shape index (κ3) is 3.09. The Balaban J connectivity index is 2.22. The van der Waals surface area contributed by atoms with Crippen molar-refractivity contribution in [2.45, 2.75) is 12.1 Å². The smallest absolute Gasteiger partial charge is 0.239 e. The minimum absolute atomic E-state index is 0.0471. The fourth-order valence-corrected chi connectivity index (χ4v) is 2.38. The molecule has 2 heterocycles. The number of carbonyl (C=O) groups is 1. The van der Waals surface area contributed by atoms with E-state index in [1.54, 1.807) is 13.2 Å². The largest absolute Gasteiger partial charge is 0.378 e. The number of pyridine rings is 1. The first-order valence-corrected chi connectivity index (χ1v) is 6.44. The molecule has 0 bridgehead atoms. The van der Waals surface area contributed by atoms with Gasteiger partial charge in [0.25, 0.3) is 0 Å². The van der Waals surface area contributed by atoms with Gasteiger partial charge in [-0.25, -0.2) is 0 Å². The molecule has 1 fully saturated rings. The summed E-state index contributed by atoms with van der Waals surface area (Å²) in [6, 6.07) is 5.36. The van der Waals surface area contributed by atoms with Gasteiger partial charge in [0.1, 0.15) is 6.04 Å². The lowest BCUT2D eigenvalue weighted by molar-refractivity contribution is -0.134. The number of hydrogen-bond donors (Lipinski definition) is 2. The number of nitrogens with two attached hydrogens (primary N) is 1. The van der Waals surface area contributed by atoms with Crippen LogP contribution in [0.3, 0.4) is 0 Å². The lowest BCUT2D eigenvalue weighted by Gasteiger charge is -2.39. The first-order valence-electron chi connectivity index (χ1n) is 6.44. The average molecular weight is 264 g/mol. The van der Waals surface area contributed by atoms with Crippen LogP contribution in [0.4, 0.5) is 0 Å². The number of hydrogen-bond acceptors (Lipinski definition) is 5. The predicted octanol–water partition coefficient (Wildman–Crippen LogP) is -0.472. The number of ether oxygens (including phenoxy) is 1. The lowest BCUT2D eigenvalue weighted by atomic mass is 10.1. The third-order valence-corrected chi connectivity index (χ3v) is 3.37. The maximum Gasteiger partial charge on any atom is 0.239 e. The fourth-order valence-electron chi connectivity index (χ4n) is 2.38. The zero-order chi connectivity index (χ0) is 13.7. The quantitative estimate of drug-likeness (QED) is 0.768. The Morgan fingerprint density at radius 1 is 1.68 bits per heavy atom. The summed E-state index contributed by atoms with van der Waals surface area (Å²) in [5.74, 6) is -0.0471. The highest BCUT2D eigenvalue weighted by Crippen LogP contribution is 2.22. The Morgan fingerprint density at radius 3 is 3.16 bits per heavy atom. The zero-order valence-electron chi connectivity index (χ0n) is 11.1. The lowest BCUT2D eigenvalue weighted by Crippen LogP contribution is -2.55. The van der Waals surface area contributed by atoms with E-state index >= 15 is 0 Å². The number of aromatic nitrogens is 1. The number of amides is 1. The van der Waals surface area contributed by atoms with Crippen LogP contribution in [-0.2, 0) is 9.53 Å². The van der Waals surface area contributed by atoms with E-state index in [4.69, 9.17) is 10.5 Å². The summed E-state index contributed by atoms with van der Waals surface area (Å²) in [5.41, 5.74) is 6.77. The molecule has 1 aliphatic rings. The summed E-state index contributed by atoms with van der Waals surface area (Å²) in [6.45, 7) is 2.10. The standard InChI is InChI=1S/C13H20N4O2/c1-15-13(18)12-9-19-7-6-17(12)11(8-14)10-4-2-3-5-16-10/h2-5,11-12H,6-9,14H2,1H3,(H,15,18). The molecule has 6 nitrogen and oxygen atoms in total. The van der Waals surface area contributed by atoms with Crippen LogP contribution in [0.25, 0.3) is 0 Å². The molecular formula is C13H20N4O2. The number of rotatable bonds is 4. The van der Waals surface area contributed by atoms with Crippen molar-refractivity contribution in [3.8, 4) is 0 Å². The van der Waals surface area contributed by atoms with Gasteiger partial charge in [-0.2, -0.15) is 0 Å². The van der Waals surface area contributed by atoms with Crippen LogP contribution in [0.15, 0.2) is 24.4 Å². The van der Waals surface area contributed by atoms with E-state index < -0.39 is 0 Å². The number of nitrogens with one attached hydrogen (secondary N) is 1. The highest BCUT2D eigenvalue weighted by atomic mass is 16.5. The molecule has 0 saturated carbocycles. The van der Waals surface area contributed by atoms with Crippen molar-refractivity contribution < 1.29 is 9.53 Å². The Bertz CT molecular complexity index is 412. The topological polar surface area (TPSA) is 80.5 Å². The van der Waals surface area contributed by atoms with Crippen molar-refractivity contribution >= 4 is 5.91 Å². The van der Waals surface area contributed by atoms with E-state index in [1.165, 1.54) is 0 Å². The fraction of sp³-hybridized carbons (Fsp3) is 0.538. The molecule has 1 aromatic heterocycles. The minimum Gasteiger partial charge on any atom is -0.378 e. The van der Waals surface area contributed by atoms with Crippen molar-refractivity contribution in [2.75, 3.05) is 33.4 Å².